The standard InChI is InChI=1S/C21H27N3O5/c1-3-29-21(28)18(17-9-5-4-6-10-17)11-12-22-16(2)20(27)24(15-19(25)26)23-13-7-8-14-23/h4-10,13-14,16,18,22H,3,11-12,15H2,1-2H3,(H,25,26)/t16-,18?/m0/s1. The average molecular weight is 401 g/mol. The molecule has 0 aliphatic heterocycles. The van der Waals surface area contributed by atoms with Gasteiger partial charge in [0.05, 0.1) is 18.6 Å². The summed E-state index contributed by atoms with van der Waals surface area (Å²) >= 11 is 0. The number of benzene rings is 1. The van der Waals surface area contributed by atoms with Gasteiger partial charge < -0.3 is 15.2 Å². The van der Waals surface area contributed by atoms with Crippen molar-refractivity contribution in [2.75, 3.05) is 24.7 Å². The molecule has 2 rings (SSSR count). The number of amides is 1. The van der Waals surface area contributed by atoms with Crippen LogP contribution in [0.25, 0.3) is 0 Å². The van der Waals surface area contributed by atoms with Crippen molar-refractivity contribution in [2.45, 2.75) is 32.2 Å². The van der Waals surface area contributed by atoms with Crippen molar-refractivity contribution in [1.82, 2.24) is 9.99 Å². The minimum atomic E-state index is -1.11. The molecule has 1 aromatic carbocycles. The summed E-state index contributed by atoms with van der Waals surface area (Å²) in [6.07, 6.45) is 3.67. The lowest BCUT2D eigenvalue weighted by Crippen LogP contribution is -2.52. The molecule has 0 fully saturated rings. The van der Waals surface area contributed by atoms with Gasteiger partial charge in [-0.3, -0.25) is 19.1 Å². The van der Waals surface area contributed by atoms with E-state index in [0.717, 1.165) is 10.6 Å². The molecular formula is C21H27N3O5. The molecule has 0 spiro atoms. The van der Waals surface area contributed by atoms with Crippen molar-refractivity contribution in [2.24, 2.45) is 0 Å². The monoisotopic (exact) mass is 401 g/mol. The topological polar surface area (TPSA) is 101 Å². The van der Waals surface area contributed by atoms with Gasteiger partial charge in [-0.05, 0) is 44.5 Å². The first-order chi connectivity index (χ1) is 13.9. The second-order valence-corrected chi connectivity index (χ2v) is 6.53. The van der Waals surface area contributed by atoms with Gasteiger partial charge in [-0.1, -0.05) is 30.3 Å². The van der Waals surface area contributed by atoms with Gasteiger partial charge >= 0.3 is 11.9 Å². The highest BCUT2D eigenvalue weighted by Gasteiger charge is 2.25. The SMILES string of the molecule is CCOC(=O)C(CCN[C@@H](C)C(=O)N(CC(=O)O)n1cccc1)c1ccccc1. The zero-order chi connectivity index (χ0) is 21.2. The Labute approximate surface area is 170 Å². The van der Waals surface area contributed by atoms with E-state index in [9.17, 15) is 14.4 Å². The number of rotatable bonds is 11. The summed E-state index contributed by atoms with van der Waals surface area (Å²) in [6, 6.07) is 12.1. The van der Waals surface area contributed by atoms with Crippen LogP contribution < -0.4 is 10.3 Å². The number of hydrogen-bond donors (Lipinski definition) is 2. The summed E-state index contributed by atoms with van der Waals surface area (Å²) in [7, 11) is 0. The maximum absolute atomic E-state index is 12.7. The Kier molecular flexibility index (Phi) is 8.42. The van der Waals surface area contributed by atoms with E-state index >= 15 is 0 Å². The van der Waals surface area contributed by atoms with Crippen LogP contribution in [0, 0.1) is 0 Å². The summed E-state index contributed by atoms with van der Waals surface area (Å²) in [5, 5.41) is 13.4. The summed E-state index contributed by atoms with van der Waals surface area (Å²) in [4.78, 5) is 36.2. The third-order valence-electron chi connectivity index (χ3n) is 4.43. The van der Waals surface area contributed by atoms with Gasteiger partial charge in [-0.2, -0.15) is 0 Å². The molecule has 29 heavy (non-hydrogen) atoms. The largest absolute Gasteiger partial charge is 0.480 e. The Hall–Kier alpha value is -3.13. The third kappa shape index (κ3) is 6.46. The van der Waals surface area contributed by atoms with Crippen LogP contribution >= 0.6 is 0 Å². The van der Waals surface area contributed by atoms with Crippen LogP contribution in [0.3, 0.4) is 0 Å². The van der Waals surface area contributed by atoms with Crippen LogP contribution in [0.15, 0.2) is 54.9 Å². The van der Waals surface area contributed by atoms with E-state index in [1.54, 1.807) is 38.4 Å². The van der Waals surface area contributed by atoms with Gasteiger partial charge in [0.25, 0.3) is 5.91 Å². The van der Waals surface area contributed by atoms with Crippen LogP contribution in [0.4, 0.5) is 0 Å². The lowest BCUT2D eigenvalue weighted by molar-refractivity contribution is -0.145. The minimum absolute atomic E-state index is 0.297. The van der Waals surface area contributed by atoms with E-state index in [-0.39, 0.29) is 11.9 Å². The van der Waals surface area contributed by atoms with E-state index in [2.05, 4.69) is 5.32 Å². The van der Waals surface area contributed by atoms with Crippen LogP contribution in [0.1, 0.15) is 31.7 Å². The maximum atomic E-state index is 12.7. The van der Waals surface area contributed by atoms with E-state index in [1.165, 1.54) is 4.68 Å². The molecule has 0 saturated carbocycles. The number of nitrogens with one attached hydrogen (secondary N) is 1. The number of carboxylic acid groups (broad SMARTS) is 1. The predicted molar refractivity (Wildman–Crippen MR) is 108 cm³/mol. The number of carboxylic acids is 1. The Morgan fingerprint density at radius 2 is 1.79 bits per heavy atom. The van der Waals surface area contributed by atoms with Crippen molar-refractivity contribution in [3.63, 3.8) is 0 Å². The van der Waals surface area contributed by atoms with Crippen molar-refractivity contribution < 1.29 is 24.2 Å². The summed E-state index contributed by atoms with van der Waals surface area (Å²) in [6.45, 7) is 3.66. The Morgan fingerprint density at radius 1 is 1.14 bits per heavy atom. The van der Waals surface area contributed by atoms with Crippen molar-refractivity contribution >= 4 is 17.8 Å². The molecule has 0 aliphatic carbocycles. The highest BCUT2D eigenvalue weighted by Crippen LogP contribution is 2.21. The summed E-state index contributed by atoms with van der Waals surface area (Å²) in [5.74, 6) is -2.23. The lowest BCUT2D eigenvalue weighted by atomic mass is 9.95. The number of ether oxygens (including phenoxy) is 1. The number of carbonyl (C=O) groups is 3. The van der Waals surface area contributed by atoms with Gasteiger partial charge in [0.1, 0.15) is 6.54 Å². The van der Waals surface area contributed by atoms with E-state index in [1.807, 2.05) is 30.3 Å². The molecule has 8 nitrogen and oxygen atoms in total. The van der Waals surface area contributed by atoms with Gasteiger partial charge in [0.2, 0.25) is 0 Å². The number of aromatic nitrogens is 1. The Balaban J connectivity index is 1.99. The first kappa shape index (κ1) is 22.2. The number of nitrogens with zero attached hydrogens (tertiary/aromatic N) is 2. The molecule has 1 aromatic heterocycles. The summed E-state index contributed by atoms with van der Waals surface area (Å²) in [5.41, 5.74) is 0.853. The summed E-state index contributed by atoms with van der Waals surface area (Å²) < 4.78 is 6.63. The molecule has 1 amide bonds. The van der Waals surface area contributed by atoms with Gasteiger partial charge in [0, 0.05) is 12.4 Å². The molecule has 2 N–H and O–H groups in total. The maximum Gasteiger partial charge on any atom is 0.325 e. The molecule has 2 atom stereocenters. The minimum Gasteiger partial charge on any atom is -0.480 e. The highest BCUT2D eigenvalue weighted by molar-refractivity contribution is 5.94. The van der Waals surface area contributed by atoms with Crippen LogP contribution in [-0.4, -0.2) is 53.4 Å². The molecule has 1 heterocycles. The second kappa shape index (κ2) is 11.0. The lowest BCUT2D eigenvalue weighted by Gasteiger charge is -2.26. The van der Waals surface area contributed by atoms with Crippen molar-refractivity contribution in [3.8, 4) is 0 Å². The molecule has 156 valence electrons. The fourth-order valence-electron chi connectivity index (χ4n) is 2.99. The zero-order valence-electron chi connectivity index (χ0n) is 16.7. The first-order valence-electron chi connectivity index (χ1n) is 9.55. The Morgan fingerprint density at radius 3 is 2.38 bits per heavy atom. The van der Waals surface area contributed by atoms with E-state index < -0.39 is 24.5 Å². The molecular weight excluding hydrogens is 374 g/mol. The molecule has 0 radical (unpaired) electrons. The molecule has 0 aliphatic rings. The number of aliphatic carboxylic acids is 1. The number of hydrogen-bond acceptors (Lipinski definition) is 5. The van der Waals surface area contributed by atoms with Crippen LogP contribution in [0.5, 0.6) is 0 Å². The molecule has 8 heteroatoms. The highest BCUT2D eigenvalue weighted by atomic mass is 16.5. The zero-order valence-corrected chi connectivity index (χ0v) is 16.7. The van der Waals surface area contributed by atoms with Crippen LogP contribution in [0.2, 0.25) is 0 Å². The molecule has 0 bridgehead atoms. The molecule has 0 saturated heterocycles. The average Bonchev–Trinajstić information content (AvgIpc) is 3.24. The normalized spacial score (nSPS) is 12.8. The predicted octanol–water partition coefficient (Wildman–Crippen LogP) is 1.75. The second-order valence-electron chi connectivity index (χ2n) is 6.53. The fraction of sp³-hybridized carbons (Fsp3) is 0.381. The van der Waals surface area contributed by atoms with Crippen LogP contribution in [-0.2, 0) is 19.1 Å². The van der Waals surface area contributed by atoms with Gasteiger partial charge in [-0.15, -0.1) is 0 Å². The van der Waals surface area contributed by atoms with Crippen molar-refractivity contribution in [3.05, 3.63) is 60.4 Å². The quantitative estimate of drug-likeness (QED) is 0.557. The number of carbonyl (C=O) groups excluding carboxylic acids is 2. The van der Waals surface area contributed by atoms with E-state index in [0.29, 0.717) is 19.6 Å². The smallest absolute Gasteiger partial charge is 0.325 e. The van der Waals surface area contributed by atoms with Gasteiger partial charge in [-0.25, -0.2) is 5.01 Å². The Bertz CT molecular complexity index is 792. The van der Waals surface area contributed by atoms with E-state index in [4.69, 9.17) is 9.84 Å². The third-order valence-corrected chi connectivity index (χ3v) is 4.43. The van der Waals surface area contributed by atoms with Gasteiger partial charge in [0.15, 0.2) is 0 Å². The molecule has 1 unspecified atom stereocenters. The van der Waals surface area contributed by atoms with Crippen molar-refractivity contribution in [1.29, 1.82) is 0 Å². The fourth-order valence-corrected chi connectivity index (χ4v) is 2.99. The first-order valence-corrected chi connectivity index (χ1v) is 9.55. The molecule has 2 aromatic rings. The number of esters is 1.